The molecule has 2 saturated heterocycles. The van der Waals surface area contributed by atoms with Crippen molar-refractivity contribution >= 4 is 21.6 Å². The molecule has 0 aromatic heterocycles. The van der Waals surface area contributed by atoms with Crippen molar-refractivity contribution in [2.45, 2.75) is 48.2 Å². The van der Waals surface area contributed by atoms with E-state index in [1.54, 1.807) is 12.1 Å². The van der Waals surface area contributed by atoms with Gasteiger partial charge < -0.3 is 10.1 Å². The summed E-state index contributed by atoms with van der Waals surface area (Å²) in [7, 11) is -3.16. The third-order valence-electron chi connectivity index (χ3n) is 4.67. The van der Waals surface area contributed by atoms with Gasteiger partial charge in [-0.15, -0.1) is 0 Å². The van der Waals surface area contributed by atoms with Gasteiger partial charge in [0.05, 0.1) is 11.5 Å². The lowest BCUT2D eigenvalue weighted by Crippen LogP contribution is -2.56. The van der Waals surface area contributed by atoms with Gasteiger partial charge in [-0.3, -0.25) is 5.32 Å². The first-order valence-electron chi connectivity index (χ1n) is 8.46. The number of benzene rings is 1. The van der Waals surface area contributed by atoms with E-state index in [2.05, 4.69) is 17.6 Å². The highest BCUT2D eigenvalue weighted by atomic mass is 32.2. The van der Waals surface area contributed by atoms with Crippen molar-refractivity contribution in [2.75, 3.05) is 25.2 Å². The number of nitrogens with one attached hydrogen (secondary N) is 2. The molecule has 0 amide bonds. The van der Waals surface area contributed by atoms with E-state index in [1.165, 1.54) is 24.9 Å². The standard InChI is InChI=1S/C17H26N2O3S2/c1-12-17(13-5-7-15(8-6-13)24(2,20)21)19-16(10-18-12)22-11-14-4-3-9-23-14/h5-8,12,14,16-19H,3-4,9-11H2,1-2H3. The molecule has 0 aliphatic carbocycles. The molecule has 0 saturated carbocycles. The highest BCUT2D eigenvalue weighted by Crippen LogP contribution is 2.27. The zero-order valence-electron chi connectivity index (χ0n) is 14.2. The molecular weight excluding hydrogens is 344 g/mol. The largest absolute Gasteiger partial charge is 0.361 e. The van der Waals surface area contributed by atoms with Crippen LogP contribution < -0.4 is 10.6 Å². The Morgan fingerprint density at radius 3 is 2.67 bits per heavy atom. The number of hydrogen-bond donors (Lipinski definition) is 2. The second kappa shape index (κ2) is 7.74. The minimum Gasteiger partial charge on any atom is -0.361 e. The molecule has 2 aliphatic rings. The van der Waals surface area contributed by atoms with Gasteiger partial charge in [-0.1, -0.05) is 12.1 Å². The van der Waals surface area contributed by atoms with Gasteiger partial charge in [0.15, 0.2) is 9.84 Å². The molecule has 3 rings (SSSR count). The van der Waals surface area contributed by atoms with E-state index in [1.807, 2.05) is 23.9 Å². The molecule has 2 aliphatic heterocycles. The van der Waals surface area contributed by atoms with Crippen molar-refractivity contribution in [3.63, 3.8) is 0 Å². The van der Waals surface area contributed by atoms with Crippen LogP contribution in [0.25, 0.3) is 0 Å². The van der Waals surface area contributed by atoms with Crippen LogP contribution in [0.15, 0.2) is 29.2 Å². The maximum absolute atomic E-state index is 11.6. The normalized spacial score (nSPS) is 31.2. The number of piperazine rings is 1. The summed E-state index contributed by atoms with van der Waals surface area (Å²) in [5.74, 6) is 1.25. The molecule has 0 spiro atoms. The Hall–Kier alpha value is -0.600. The summed E-state index contributed by atoms with van der Waals surface area (Å²) in [6, 6.07) is 7.50. The Labute approximate surface area is 148 Å². The second-order valence-corrected chi connectivity index (χ2v) is 10.1. The highest BCUT2D eigenvalue weighted by Gasteiger charge is 2.29. The third-order valence-corrected chi connectivity index (χ3v) is 7.16. The lowest BCUT2D eigenvalue weighted by atomic mass is 9.98. The Balaban J connectivity index is 1.62. The highest BCUT2D eigenvalue weighted by molar-refractivity contribution is 8.00. The van der Waals surface area contributed by atoms with Crippen LogP contribution in [0.4, 0.5) is 0 Å². The monoisotopic (exact) mass is 370 g/mol. The van der Waals surface area contributed by atoms with Crippen LogP contribution in [0, 0.1) is 0 Å². The van der Waals surface area contributed by atoms with Crippen LogP contribution in [0.1, 0.15) is 31.4 Å². The van der Waals surface area contributed by atoms with Gasteiger partial charge in [0.1, 0.15) is 6.23 Å². The molecule has 4 atom stereocenters. The van der Waals surface area contributed by atoms with Crippen molar-refractivity contribution < 1.29 is 13.2 Å². The molecule has 2 heterocycles. The lowest BCUT2D eigenvalue weighted by molar-refractivity contribution is 0.000998. The topological polar surface area (TPSA) is 67.4 Å². The van der Waals surface area contributed by atoms with Crippen LogP contribution in [0.2, 0.25) is 0 Å². The first-order valence-corrected chi connectivity index (χ1v) is 11.4. The fraction of sp³-hybridized carbons (Fsp3) is 0.647. The summed E-state index contributed by atoms with van der Waals surface area (Å²) in [6.07, 6.45) is 3.76. The smallest absolute Gasteiger partial charge is 0.175 e. The van der Waals surface area contributed by atoms with Gasteiger partial charge in [-0.2, -0.15) is 11.8 Å². The molecule has 1 aromatic carbocycles. The molecule has 2 N–H and O–H groups in total. The van der Waals surface area contributed by atoms with E-state index in [4.69, 9.17) is 4.74 Å². The zero-order valence-corrected chi connectivity index (χ0v) is 15.8. The molecule has 0 bridgehead atoms. The molecule has 24 heavy (non-hydrogen) atoms. The maximum atomic E-state index is 11.6. The maximum Gasteiger partial charge on any atom is 0.175 e. The minimum absolute atomic E-state index is 0.0121. The van der Waals surface area contributed by atoms with Crippen molar-refractivity contribution in [3.05, 3.63) is 29.8 Å². The number of rotatable bonds is 5. The van der Waals surface area contributed by atoms with E-state index < -0.39 is 9.84 Å². The van der Waals surface area contributed by atoms with Gasteiger partial charge in [0, 0.05) is 30.1 Å². The average molecular weight is 371 g/mol. The summed E-state index contributed by atoms with van der Waals surface area (Å²) in [5, 5.41) is 7.67. The molecule has 1 aromatic rings. The first-order chi connectivity index (χ1) is 11.4. The van der Waals surface area contributed by atoms with Crippen molar-refractivity contribution in [3.8, 4) is 0 Å². The number of ether oxygens (including phenoxy) is 1. The Kier molecular flexibility index (Phi) is 5.87. The van der Waals surface area contributed by atoms with Gasteiger partial charge >= 0.3 is 0 Å². The Bertz CT molecular complexity index is 642. The van der Waals surface area contributed by atoms with Crippen LogP contribution in [-0.4, -0.2) is 51.1 Å². The van der Waals surface area contributed by atoms with Gasteiger partial charge in [-0.25, -0.2) is 8.42 Å². The first kappa shape index (κ1) is 18.2. The summed E-state index contributed by atoms with van der Waals surface area (Å²) in [5.41, 5.74) is 1.07. The molecule has 7 heteroatoms. The predicted molar refractivity (Wildman–Crippen MR) is 98.1 cm³/mol. The summed E-state index contributed by atoms with van der Waals surface area (Å²) < 4.78 is 29.3. The fourth-order valence-electron chi connectivity index (χ4n) is 3.23. The quantitative estimate of drug-likeness (QED) is 0.826. The predicted octanol–water partition coefficient (Wildman–Crippen LogP) is 1.95. The second-order valence-electron chi connectivity index (χ2n) is 6.64. The van der Waals surface area contributed by atoms with Gasteiger partial charge in [0.25, 0.3) is 0 Å². The van der Waals surface area contributed by atoms with Crippen LogP contribution in [-0.2, 0) is 14.6 Å². The van der Waals surface area contributed by atoms with E-state index in [-0.39, 0.29) is 18.3 Å². The molecule has 134 valence electrons. The third kappa shape index (κ3) is 4.52. The molecule has 2 fully saturated rings. The van der Waals surface area contributed by atoms with E-state index in [0.29, 0.717) is 10.1 Å². The number of hydrogen-bond acceptors (Lipinski definition) is 6. The number of thioether (sulfide) groups is 1. The lowest BCUT2D eigenvalue weighted by Gasteiger charge is -2.37. The molecular formula is C17H26N2O3S2. The van der Waals surface area contributed by atoms with Gasteiger partial charge in [0.2, 0.25) is 0 Å². The molecule has 0 radical (unpaired) electrons. The van der Waals surface area contributed by atoms with Crippen molar-refractivity contribution in [1.29, 1.82) is 0 Å². The van der Waals surface area contributed by atoms with Crippen LogP contribution in [0.5, 0.6) is 0 Å². The zero-order chi connectivity index (χ0) is 17.2. The summed E-state index contributed by atoms with van der Waals surface area (Å²) in [6.45, 7) is 3.71. The average Bonchev–Trinajstić information content (AvgIpc) is 3.07. The van der Waals surface area contributed by atoms with Crippen molar-refractivity contribution in [1.82, 2.24) is 10.6 Å². The van der Waals surface area contributed by atoms with Crippen molar-refractivity contribution in [2.24, 2.45) is 0 Å². The minimum atomic E-state index is -3.16. The summed E-state index contributed by atoms with van der Waals surface area (Å²) >= 11 is 2.00. The van der Waals surface area contributed by atoms with E-state index in [9.17, 15) is 8.42 Å². The van der Waals surface area contributed by atoms with Gasteiger partial charge in [-0.05, 0) is 43.2 Å². The van der Waals surface area contributed by atoms with E-state index >= 15 is 0 Å². The van der Waals surface area contributed by atoms with Crippen LogP contribution in [0.3, 0.4) is 0 Å². The van der Waals surface area contributed by atoms with Crippen LogP contribution >= 0.6 is 11.8 Å². The molecule has 5 nitrogen and oxygen atoms in total. The Morgan fingerprint density at radius 1 is 1.29 bits per heavy atom. The fourth-order valence-corrected chi connectivity index (χ4v) is 5.03. The number of sulfone groups is 1. The SMILES string of the molecule is CC1NCC(OCC2CCCS2)NC1c1ccc(S(C)(=O)=O)cc1. The Morgan fingerprint density at radius 2 is 2.04 bits per heavy atom. The summed E-state index contributed by atoms with van der Waals surface area (Å²) in [4.78, 5) is 0.355. The molecule has 4 unspecified atom stereocenters. The van der Waals surface area contributed by atoms with E-state index in [0.717, 1.165) is 18.7 Å².